The third-order valence-electron chi connectivity index (χ3n) is 2.64. The number of amidine groups is 1. The summed E-state index contributed by atoms with van der Waals surface area (Å²) >= 11 is 0. The van der Waals surface area contributed by atoms with Crippen LogP contribution in [0.5, 0.6) is 0 Å². The van der Waals surface area contributed by atoms with Crippen molar-refractivity contribution in [2.75, 3.05) is 19.7 Å². The van der Waals surface area contributed by atoms with Gasteiger partial charge in [-0.05, 0) is 12.8 Å². The van der Waals surface area contributed by atoms with Crippen LogP contribution in [0.2, 0.25) is 0 Å². The van der Waals surface area contributed by atoms with E-state index in [-0.39, 0.29) is 24.9 Å². The number of oxime groups is 1. The molecule has 0 aromatic heterocycles. The number of nitrogens with two attached hydrogens (primary N) is 1. The summed E-state index contributed by atoms with van der Waals surface area (Å²) in [7, 11) is 0. The lowest BCUT2D eigenvalue weighted by molar-refractivity contribution is -0.134. The number of hydrogen-bond acceptors (Lipinski definition) is 4. The summed E-state index contributed by atoms with van der Waals surface area (Å²) in [4.78, 5) is 13.7. The zero-order chi connectivity index (χ0) is 13.3. The number of rotatable bonds is 8. The first kappa shape index (κ1) is 15.7. The molecule has 0 aliphatic heterocycles. The van der Waals surface area contributed by atoms with Gasteiger partial charge in [0, 0.05) is 13.1 Å². The lowest BCUT2D eigenvalue weighted by Gasteiger charge is -2.25. The van der Waals surface area contributed by atoms with Gasteiger partial charge in [0.05, 0.1) is 12.5 Å². The summed E-state index contributed by atoms with van der Waals surface area (Å²) in [6.45, 7) is 4.63. The molecular formula is C11H23N3O3. The molecule has 0 aromatic carbocycles. The second kappa shape index (κ2) is 8.81. The van der Waals surface area contributed by atoms with E-state index in [9.17, 15) is 4.79 Å². The standard InChI is InChI=1S/C11H23N3O3/c1-3-5-6-14(7-8-15)11(16)9(4-2)10(12)13-17/h9,15,17H,3-8H2,1-2H3,(H2,12,13). The average Bonchev–Trinajstić information content (AvgIpc) is 2.34. The SMILES string of the molecule is CCCCN(CCO)C(=O)C(CC)C(N)=NO. The maximum absolute atomic E-state index is 12.1. The smallest absolute Gasteiger partial charge is 0.233 e. The Morgan fingerprint density at radius 3 is 2.47 bits per heavy atom. The predicted molar refractivity (Wildman–Crippen MR) is 65.8 cm³/mol. The van der Waals surface area contributed by atoms with Crippen molar-refractivity contribution >= 4 is 11.7 Å². The third kappa shape index (κ3) is 5.04. The zero-order valence-electron chi connectivity index (χ0n) is 10.6. The second-order valence-electron chi connectivity index (χ2n) is 3.89. The van der Waals surface area contributed by atoms with Gasteiger partial charge in [0.15, 0.2) is 5.84 Å². The Morgan fingerprint density at radius 1 is 1.41 bits per heavy atom. The molecule has 0 fully saturated rings. The molecule has 0 heterocycles. The summed E-state index contributed by atoms with van der Waals surface area (Å²) < 4.78 is 0. The molecule has 0 aliphatic carbocycles. The zero-order valence-corrected chi connectivity index (χ0v) is 10.6. The Balaban J connectivity index is 4.66. The van der Waals surface area contributed by atoms with E-state index in [1.54, 1.807) is 11.8 Å². The highest BCUT2D eigenvalue weighted by atomic mass is 16.4. The molecule has 0 bridgehead atoms. The molecule has 0 aromatic rings. The minimum absolute atomic E-state index is 0.0723. The van der Waals surface area contributed by atoms with Crippen molar-refractivity contribution in [1.82, 2.24) is 4.90 Å². The van der Waals surface area contributed by atoms with E-state index in [1.807, 2.05) is 6.92 Å². The fraction of sp³-hybridized carbons (Fsp3) is 0.818. The largest absolute Gasteiger partial charge is 0.409 e. The molecule has 1 atom stereocenters. The van der Waals surface area contributed by atoms with Crippen molar-refractivity contribution in [2.24, 2.45) is 16.8 Å². The average molecular weight is 245 g/mol. The molecule has 100 valence electrons. The molecule has 1 unspecified atom stereocenters. The van der Waals surface area contributed by atoms with Crippen LogP contribution in [0.1, 0.15) is 33.1 Å². The molecule has 0 spiro atoms. The van der Waals surface area contributed by atoms with E-state index in [4.69, 9.17) is 16.0 Å². The van der Waals surface area contributed by atoms with Crippen molar-refractivity contribution < 1.29 is 15.1 Å². The van der Waals surface area contributed by atoms with Crippen molar-refractivity contribution in [1.29, 1.82) is 0 Å². The number of carbonyl (C=O) groups excluding carboxylic acids is 1. The van der Waals surface area contributed by atoms with Crippen LogP contribution in [-0.2, 0) is 4.79 Å². The summed E-state index contributed by atoms with van der Waals surface area (Å²) in [5.41, 5.74) is 5.48. The molecule has 0 saturated heterocycles. The Morgan fingerprint density at radius 2 is 2.06 bits per heavy atom. The molecule has 17 heavy (non-hydrogen) atoms. The first-order valence-corrected chi connectivity index (χ1v) is 5.99. The number of nitrogens with zero attached hydrogens (tertiary/aromatic N) is 2. The lowest BCUT2D eigenvalue weighted by atomic mass is 10.0. The number of amides is 1. The molecule has 6 heteroatoms. The van der Waals surface area contributed by atoms with E-state index in [2.05, 4.69) is 5.16 Å². The molecule has 6 nitrogen and oxygen atoms in total. The number of hydrogen-bond donors (Lipinski definition) is 3. The van der Waals surface area contributed by atoms with E-state index in [1.165, 1.54) is 0 Å². The van der Waals surface area contributed by atoms with Crippen molar-refractivity contribution in [3.8, 4) is 0 Å². The Kier molecular flexibility index (Phi) is 8.13. The molecule has 0 aliphatic rings. The molecule has 0 rings (SSSR count). The Hall–Kier alpha value is -1.30. The summed E-state index contributed by atoms with van der Waals surface area (Å²) in [6, 6.07) is 0. The van der Waals surface area contributed by atoms with Crippen molar-refractivity contribution in [2.45, 2.75) is 33.1 Å². The van der Waals surface area contributed by atoms with Crippen LogP contribution < -0.4 is 5.73 Å². The van der Waals surface area contributed by atoms with E-state index in [0.29, 0.717) is 13.0 Å². The number of aliphatic hydroxyl groups is 1. The summed E-state index contributed by atoms with van der Waals surface area (Å²) in [6.07, 6.45) is 2.32. The van der Waals surface area contributed by atoms with Crippen LogP contribution in [0, 0.1) is 5.92 Å². The topological polar surface area (TPSA) is 99.2 Å². The van der Waals surface area contributed by atoms with E-state index < -0.39 is 5.92 Å². The van der Waals surface area contributed by atoms with Crippen LogP contribution in [0.25, 0.3) is 0 Å². The van der Waals surface area contributed by atoms with Crippen LogP contribution in [0.4, 0.5) is 0 Å². The molecule has 0 saturated carbocycles. The van der Waals surface area contributed by atoms with Gasteiger partial charge in [-0.1, -0.05) is 25.4 Å². The summed E-state index contributed by atoms with van der Waals surface area (Å²) in [5, 5.41) is 20.4. The van der Waals surface area contributed by atoms with Gasteiger partial charge in [-0.2, -0.15) is 0 Å². The minimum Gasteiger partial charge on any atom is -0.409 e. The minimum atomic E-state index is -0.608. The van der Waals surface area contributed by atoms with Crippen molar-refractivity contribution in [3.63, 3.8) is 0 Å². The summed E-state index contributed by atoms with van der Waals surface area (Å²) in [5.74, 6) is -0.870. The first-order chi connectivity index (χ1) is 8.12. The van der Waals surface area contributed by atoms with Gasteiger partial charge in [-0.25, -0.2) is 0 Å². The van der Waals surface area contributed by atoms with Gasteiger partial charge >= 0.3 is 0 Å². The molecule has 1 amide bonds. The fourth-order valence-corrected chi connectivity index (χ4v) is 1.60. The molecular weight excluding hydrogens is 222 g/mol. The van der Waals surface area contributed by atoms with Crippen LogP contribution in [0.3, 0.4) is 0 Å². The number of unbranched alkanes of at least 4 members (excludes halogenated alkanes) is 1. The van der Waals surface area contributed by atoms with Gasteiger partial charge in [-0.15, -0.1) is 0 Å². The predicted octanol–water partition coefficient (Wildman–Crippen LogP) is 0.380. The van der Waals surface area contributed by atoms with Gasteiger partial charge in [0.2, 0.25) is 5.91 Å². The third-order valence-corrected chi connectivity index (χ3v) is 2.64. The fourth-order valence-electron chi connectivity index (χ4n) is 1.60. The first-order valence-electron chi connectivity index (χ1n) is 5.99. The van der Waals surface area contributed by atoms with Gasteiger partial charge in [0.25, 0.3) is 0 Å². The van der Waals surface area contributed by atoms with Crippen LogP contribution in [-0.4, -0.2) is 46.7 Å². The highest BCUT2D eigenvalue weighted by molar-refractivity contribution is 6.02. The number of carbonyl (C=O) groups is 1. The normalized spacial score (nSPS) is 13.5. The van der Waals surface area contributed by atoms with Crippen molar-refractivity contribution in [3.05, 3.63) is 0 Å². The molecule has 0 radical (unpaired) electrons. The van der Waals surface area contributed by atoms with Crippen LogP contribution in [0.15, 0.2) is 5.16 Å². The lowest BCUT2D eigenvalue weighted by Crippen LogP contribution is -2.43. The Bertz CT molecular complexity index is 256. The van der Waals surface area contributed by atoms with Gasteiger partial charge in [-0.3, -0.25) is 4.79 Å². The Labute approximate surface area is 102 Å². The van der Waals surface area contributed by atoms with Gasteiger partial charge in [0.1, 0.15) is 0 Å². The quantitative estimate of drug-likeness (QED) is 0.249. The van der Waals surface area contributed by atoms with E-state index in [0.717, 1.165) is 12.8 Å². The second-order valence-corrected chi connectivity index (χ2v) is 3.89. The highest BCUT2D eigenvalue weighted by Crippen LogP contribution is 2.09. The maximum Gasteiger partial charge on any atom is 0.233 e. The monoisotopic (exact) mass is 245 g/mol. The van der Waals surface area contributed by atoms with E-state index >= 15 is 0 Å². The number of aliphatic hydroxyl groups excluding tert-OH is 1. The highest BCUT2D eigenvalue weighted by Gasteiger charge is 2.25. The van der Waals surface area contributed by atoms with Gasteiger partial charge < -0.3 is 20.9 Å². The molecule has 4 N–H and O–H groups in total. The maximum atomic E-state index is 12.1. The van der Waals surface area contributed by atoms with Crippen LogP contribution >= 0.6 is 0 Å².